The maximum atomic E-state index is 12.6. The van der Waals surface area contributed by atoms with Gasteiger partial charge in [0.15, 0.2) is 5.69 Å². The largest absolute Gasteiger partial charge is 0.323 e. The van der Waals surface area contributed by atoms with Crippen molar-refractivity contribution in [3.63, 3.8) is 0 Å². The Morgan fingerprint density at radius 2 is 1.63 bits per heavy atom. The number of benzene rings is 2. The molecule has 2 N–H and O–H groups in total. The first-order valence-corrected chi connectivity index (χ1v) is 8.93. The molecule has 3 rings (SSSR count). The predicted octanol–water partition coefficient (Wildman–Crippen LogP) is 3.73. The highest BCUT2D eigenvalue weighted by molar-refractivity contribution is 6.08. The zero-order valence-corrected chi connectivity index (χ0v) is 15.2. The summed E-state index contributed by atoms with van der Waals surface area (Å²) in [6.45, 7) is 2.53. The van der Waals surface area contributed by atoms with Crippen molar-refractivity contribution in [2.75, 3.05) is 10.6 Å². The van der Waals surface area contributed by atoms with Gasteiger partial charge in [0, 0.05) is 24.8 Å². The first-order chi connectivity index (χ1) is 13.2. The van der Waals surface area contributed by atoms with Crippen LogP contribution in [-0.2, 0) is 17.8 Å². The summed E-state index contributed by atoms with van der Waals surface area (Å²) in [6.07, 6.45) is 2.65. The summed E-state index contributed by atoms with van der Waals surface area (Å²) in [6, 6.07) is 19.0. The van der Waals surface area contributed by atoms with E-state index < -0.39 is 0 Å². The number of para-hydroxylation sites is 1. The lowest BCUT2D eigenvalue weighted by Crippen LogP contribution is -2.18. The van der Waals surface area contributed by atoms with E-state index in [2.05, 4.69) is 15.7 Å². The number of carbonyl (C=O) groups excluding carboxylic acids is 2. The number of anilines is 2. The summed E-state index contributed by atoms with van der Waals surface area (Å²) in [5.41, 5.74) is 2.39. The molecule has 3 aromatic rings. The standard InChI is InChI=1S/C21H22N4O2/c1-2-25-15-18(23-19(26)14-13-16-9-5-3-6-10-16)20(24-25)21(27)22-17-11-7-4-8-12-17/h3-12,15H,2,13-14H2,1H3,(H,22,27)(H,23,26). The average molecular weight is 362 g/mol. The smallest absolute Gasteiger partial charge is 0.278 e. The molecule has 0 aliphatic carbocycles. The first kappa shape index (κ1) is 18.4. The van der Waals surface area contributed by atoms with E-state index in [0.29, 0.717) is 30.8 Å². The Bertz CT molecular complexity index is 904. The van der Waals surface area contributed by atoms with Crippen molar-refractivity contribution >= 4 is 23.2 Å². The minimum Gasteiger partial charge on any atom is -0.323 e. The Morgan fingerprint density at radius 3 is 2.30 bits per heavy atom. The number of nitrogens with one attached hydrogen (secondary N) is 2. The van der Waals surface area contributed by atoms with Crippen molar-refractivity contribution in [3.8, 4) is 0 Å². The lowest BCUT2D eigenvalue weighted by Gasteiger charge is -2.07. The Hall–Kier alpha value is -3.41. The molecular formula is C21H22N4O2. The fourth-order valence-corrected chi connectivity index (χ4v) is 2.67. The van der Waals surface area contributed by atoms with Gasteiger partial charge in [-0.25, -0.2) is 0 Å². The van der Waals surface area contributed by atoms with Crippen LogP contribution in [0.1, 0.15) is 29.4 Å². The van der Waals surface area contributed by atoms with Gasteiger partial charge >= 0.3 is 0 Å². The van der Waals surface area contributed by atoms with E-state index in [4.69, 9.17) is 0 Å². The molecule has 0 saturated carbocycles. The van der Waals surface area contributed by atoms with Gasteiger partial charge in [0.2, 0.25) is 5.91 Å². The van der Waals surface area contributed by atoms with E-state index >= 15 is 0 Å². The molecule has 27 heavy (non-hydrogen) atoms. The van der Waals surface area contributed by atoms with Crippen LogP contribution in [0, 0.1) is 0 Å². The van der Waals surface area contributed by atoms with Gasteiger partial charge in [-0.05, 0) is 31.0 Å². The third-order valence-electron chi connectivity index (χ3n) is 4.09. The van der Waals surface area contributed by atoms with Crippen molar-refractivity contribution in [1.82, 2.24) is 9.78 Å². The van der Waals surface area contributed by atoms with Crippen molar-refractivity contribution in [2.45, 2.75) is 26.3 Å². The van der Waals surface area contributed by atoms with Gasteiger partial charge < -0.3 is 10.6 Å². The SMILES string of the molecule is CCn1cc(NC(=O)CCc2ccccc2)c(C(=O)Nc2ccccc2)n1. The van der Waals surface area contributed by atoms with Crippen LogP contribution in [0.3, 0.4) is 0 Å². The first-order valence-electron chi connectivity index (χ1n) is 8.93. The van der Waals surface area contributed by atoms with E-state index in [-0.39, 0.29) is 17.5 Å². The summed E-state index contributed by atoms with van der Waals surface area (Å²) < 4.78 is 1.63. The van der Waals surface area contributed by atoms with Gasteiger partial charge in [-0.2, -0.15) is 5.10 Å². The molecule has 0 atom stereocenters. The van der Waals surface area contributed by atoms with E-state index in [0.717, 1.165) is 5.56 Å². The third-order valence-corrected chi connectivity index (χ3v) is 4.09. The molecule has 2 amide bonds. The topological polar surface area (TPSA) is 76.0 Å². The second-order valence-electron chi connectivity index (χ2n) is 6.10. The van der Waals surface area contributed by atoms with Gasteiger partial charge in [0.25, 0.3) is 5.91 Å². The van der Waals surface area contributed by atoms with Crippen LogP contribution in [0.5, 0.6) is 0 Å². The summed E-state index contributed by atoms with van der Waals surface area (Å²) in [7, 11) is 0. The van der Waals surface area contributed by atoms with Gasteiger partial charge in [-0.15, -0.1) is 0 Å². The Morgan fingerprint density at radius 1 is 0.963 bits per heavy atom. The predicted molar refractivity (Wildman–Crippen MR) is 106 cm³/mol. The number of rotatable bonds is 7. The second-order valence-corrected chi connectivity index (χ2v) is 6.10. The highest BCUT2D eigenvalue weighted by Crippen LogP contribution is 2.17. The van der Waals surface area contributed by atoms with Gasteiger partial charge in [0.1, 0.15) is 0 Å². The van der Waals surface area contributed by atoms with Crippen LogP contribution < -0.4 is 10.6 Å². The zero-order chi connectivity index (χ0) is 19.1. The molecule has 2 aromatic carbocycles. The van der Waals surface area contributed by atoms with E-state index in [9.17, 15) is 9.59 Å². The van der Waals surface area contributed by atoms with Crippen LogP contribution in [0.4, 0.5) is 11.4 Å². The number of hydrogen-bond donors (Lipinski definition) is 2. The molecule has 6 nitrogen and oxygen atoms in total. The summed E-state index contributed by atoms with van der Waals surface area (Å²) in [4.78, 5) is 24.9. The maximum Gasteiger partial charge on any atom is 0.278 e. The maximum absolute atomic E-state index is 12.6. The Balaban J connectivity index is 1.68. The van der Waals surface area contributed by atoms with Crippen LogP contribution in [0.15, 0.2) is 66.9 Å². The molecule has 138 valence electrons. The van der Waals surface area contributed by atoms with Crippen molar-refractivity contribution < 1.29 is 9.59 Å². The highest BCUT2D eigenvalue weighted by Gasteiger charge is 2.18. The average Bonchev–Trinajstić information content (AvgIpc) is 3.11. The molecule has 1 aromatic heterocycles. The van der Waals surface area contributed by atoms with Crippen LogP contribution in [-0.4, -0.2) is 21.6 Å². The summed E-state index contributed by atoms with van der Waals surface area (Å²) in [5, 5.41) is 9.91. The second kappa shape index (κ2) is 8.80. The van der Waals surface area contributed by atoms with E-state index in [1.807, 2.05) is 55.5 Å². The van der Waals surface area contributed by atoms with Crippen LogP contribution in [0.2, 0.25) is 0 Å². The molecule has 6 heteroatoms. The fraction of sp³-hybridized carbons (Fsp3) is 0.190. The highest BCUT2D eigenvalue weighted by atomic mass is 16.2. The molecule has 0 aliphatic rings. The Kier molecular flexibility index (Phi) is 5.99. The van der Waals surface area contributed by atoms with Crippen molar-refractivity contribution in [1.29, 1.82) is 0 Å². The van der Waals surface area contributed by atoms with Gasteiger partial charge in [-0.1, -0.05) is 48.5 Å². The van der Waals surface area contributed by atoms with Gasteiger partial charge in [-0.3, -0.25) is 14.3 Å². The molecule has 0 spiro atoms. The number of hydrogen-bond acceptors (Lipinski definition) is 3. The fourth-order valence-electron chi connectivity index (χ4n) is 2.67. The number of carbonyl (C=O) groups is 2. The van der Waals surface area contributed by atoms with Gasteiger partial charge in [0.05, 0.1) is 5.69 Å². The molecule has 0 saturated heterocycles. The number of amides is 2. The molecule has 1 heterocycles. The minimum absolute atomic E-state index is 0.150. The number of nitrogens with zero attached hydrogens (tertiary/aromatic N) is 2. The molecule has 0 radical (unpaired) electrons. The molecule has 0 aliphatic heterocycles. The minimum atomic E-state index is -0.355. The molecule has 0 bridgehead atoms. The number of aromatic nitrogens is 2. The van der Waals surface area contributed by atoms with E-state index in [1.54, 1.807) is 23.0 Å². The van der Waals surface area contributed by atoms with Crippen LogP contribution >= 0.6 is 0 Å². The lowest BCUT2D eigenvalue weighted by atomic mass is 10.1. The van der Waals surface area contributed by atoms with Crippen LogP contribution in [0.25, 0.3) is 0 Å². The summed E-state index contributed by atoms with van der Waals surface area (Å²) >= 11 is 0. The lowest BCUT2D eigenvalue weighted by molar-refractivity contribution is -0.116. The van der Waals surface area contributed by atoms with Crippen molar-refractivity contribution in [3.05, 3.63) is 78.1 Å². The van der Waals surface area contributed by atoms with E-state index in [1.165, 1.54) is 0 Å². The molecule has 0 unspecified atom stereocenters. The summed E-state index contributed by atoms with van der Waals surface area (Å²) in [5.74, 6) is -0.505. The molecule has 0 fully saturated rings. The zero-order valence-electron chi connectivity index (χ0n) is 15.2. The quantitative estimate of drug-likeness (QED) is 0.672. The monoisotopic (exact) mass is 362 g/mol. The number of aryl methyl sites for hydroxylation is 2. The normalized spacial score (nSPS) is 10.4. The Labute approximate surface area is 158 Å². The third kappa shape index (κ3) is 5.04. The van der Waals surface area contributed by atoms with Crippen molar-refractivity contribution in [2.24, 2.45) is 0 Å². The molecular weight excluding hydrogens is 340 g/mol.